The van der Waals surface area contributed by atoms with Crippen molar-refractivity contribution in [1.82, 2.24) is 5.32 Å². The third kappa shape index (κ3) is 5.43. The fourth-order valence-corrected chi connectivity index (χ4v) is 2.14. The van der Waals surface area contributed by atoms with Crippen LogP contribution in [0.2, 0.25) is 0 Å². The molecule has 1 rings (SSSR count). The highest BCUT2D eigenvalue weighted by atomic mass is 16.1. The second-order valence-electron chi connectivity index (χ2n) is 5.01. The molecule has 0 aliphatic heterocycles. The summed E-state index contributed by atoms with van der Waals surface area (Å²) in [6.07, 6.45) is 4.11. The highest BCUT2D eigenvalue weighted by Crippen LogP contribution is 2.13. The van der Waals surface area contributed by atoms with Crippen LogP contribution in [0.3, 0.4) is 0 Å². The van der Waals surface area contributed by atoms with Crippen LogP contribution in [-0.2, 0) is 4.79 Å². The Morgan fingerprint density at radius 2 is 1.95 bits per heavy atom. The van der Waals surface area contributed by atoms with Gasteiger partial charge in [0.2, 0.25) is 5.91 Å². The molecule has 0 saturated carbocycles. The number of benzene rings is 1. The van der Waals surface area contributed by atoms with E-state index in [0.717, 1.165) is 31.2 Å². The number of hydrogen-bond donors (Lipinski definition) is 2. The van der Waals surface area contributed by atoms with Crippen LogP contribution in [0.15, 0.2) is 30.3 Å². The molecule has 0 heterocycles. The summed E-state index contributed by atoms with van der Waals surface area (Å²) >= 11 is 0. The molecule has 2 unspecified atom stereocenters. The van der Waals surface area contributed by atoms with Gasteiger partial charge in [-0.05, 0) is 18.4 Å². The Labute approximate surface area is 116 Å². The predicted molar refractivity (Wildman–Crippen MR) is 79.7 cm³/mol. The maximum absolute atomic E-state index is 12.0. The molecular formula is C16H26N2O. The fraction of sp³-hybridized carbons (Fsp3) is 0.562. The van der Waals surface area contributed by atoms with Gasteiger partial charge in [0.15, 0.2) is 0 Å². The molecule has 0 radical (unpaired) electrons. The standard InChI is InChI=1S/C16H26N2O/c1-3-5-9-13(4-2)16(19)18-12-15(17)14-10-7-6-8-11-14/h6-8,10-11,13,15H,3-5,9,12,17H2,1-2H3,(H,18,19). The summed E-state index contributed by atoms with van der Waals surface area (Å²) in [5, 5.41) is 2.98. The number of unbranched alkanes of at least 4 members (excludes halogenated alkanes) is 1. The summed E-state index contributed by atoms with van der Waals surface area (Å²) < 4.78 is 0. The Morgan fingerprint density at radius 1 is 1.26 bits per heavy atom. The molecular weight excluding hydrogens is 236 g/mol. The van der Waals surface area contributed by atoms with E-state index in [4.69, 9.17) is 5.73 Å². The van der Waals surface area contributed by atoms with Crippen molar-refractivity contribution in [2.45, 2.75) is 45.6 Å². The van der Waals surface area contributed by atoms with Crippen molar-refractivity contribution in [3.8, 4) is 0 Å². The molecule has 0 bridgehead atoms. The van der Waals surface area contributed by atoms with Gasteiger partial charge in [0.05, 0.1) is 0 Å². The van der Waals surface area contributed by atoms with E-state index in [-0.39, 0.29) is 17.9 Å². The van der Waals surface area contributed by atoms with Crippen LogP contribution in [0, 0.1) is 5.92 Å². The second kappa shape index (κ2) is 8.70. The summed E-state index contributed by atoms with van der Waals surface area (Å²) in [6, 6.07) is 9.75. The molecule has 0 aliphatic rings. The molecule has 0 aliphatic carbocycles. The van der Waals surface area contributed by atoms with Crippen LogP contribution >= 0.6 is 0 Å². The molecule has 1 amide bonds. The number of carbonyl (C=O) groups excluding carboxylic acids is 1. The van der Waals surface area contributed by atoms with Gasteiger partial charge in [-0.15, -0.1) is 0 Å². The van der Waals surface area contributed by atoms with Gasteiger partial charge in [0, 0.05) is 18.5 Å². The van der Waals surface area contributed by atoms with Gasteiger partial charge in [-0.1, -0.05) is 57.0 Å². The van der Waals surface area contributed by atoms with E-state index in [1.807, 2.05) is 30.3 Å². The molecule has 106 valence electrons. The van der Waals surface area contributed by atoms with Gasteiger partial charge >= 0.3 is 0 Å². The van der Waals surface area contributed by atoms with Crippen molar-refractivity contribution >= 4 is 5.91 Å². The first-order valence-corrected chi connectivity index (χ1v) is 7.27. The minimum Gasteiger partial charge on any atom is -0.354 e. The third-order valence-electron chi connectivity index (χ3n) is 3.49. The lowest BCUT2D eigenvalue weighted by Crippen LogP contribution is -2.36. The molecule has 3 heteroatoms. The zero-order valence-corrected chi connectivity index (χ0v) is 12.1. The zero-order valence-electron chi connectivity index (χ0n) is 12.1. The Kier molecular flexibility index (Phi) is 7.19. The lowest BCUT2D eigenvalue weighted by Gasteiger charge is -2.17. The normalized spacial score (nSPS) is 13.8. The molecule has 2 atom stereocenters. The van der Waals surface area contributed by atoms with E-state index >= 15 is 0 Å². The Hall–Kier alpha value is -1.35. The van der Waals surface area contributed by atoms with Crippen LogP contribution in [0.4, 0.5) is 0 Å². The van der Waals surface area contributed by atoms with Crippen LogP contribution in [0.25, 0.3) is 0 Å². The third-order valence-corrected chi connectivity index (χ3v) is 3.49. The van der Waals surface area contributed by atoms with Crippen molar-refractivity contribution in [3.63, 3.8) is 0 Å². The van der Waals surface area contributed by atoms with Gasteiger partial charge < -0.3 is 11.1 Å². The van der Waals surface area contributed by atoms with E-state index in [1.165, 1.54) is 0 Å². The molecule has 19 heavy (non-hydrogen) atoms. The number of carbonyl (C=O) groups is 1. The van der Waals surface area contributed by atoms with Crippen molar-refractivity contribution in [2.75, 3.05) is 6.54 Å². The van der Waals surface area contributed by atoms with E-state index in [2.05, 4.69) is 19.2 Å². The van der Waals surface area contributed by atoms with Crippen LogP contribution < -0.4 is 11.1 Å². The average molecular weight is 262 g/mol. The van der Waals surface area contributed by atoms with Gasteiger partial charge in [-0.2, -0.15) is 0 Å². The fourth-order valence-electron chi connectivity index (χ4n) is 2.14. The van der Waals surface area contributed by atoms with Crippen LogP contribution in [0.1, 0.15) is 51.1 Å². The Balaban J connectivity index is 2.40. The summed E-state index contributed by atoms with van der Waals surface area (Å²) in [4.78, 5) is 12.0. The van der Waals surface area contributed by atoms with E-state index < -0.39 is 0 Å². The predicted octanol–water partition coefficient (Wildman–Crippen LogP) is 3.02. The van der Waals surface area contributed by atoms with Crippen molar-refractivity contribution in [2.24, 2.45) is 11.7 Å². The van der Waals surface area contributed by atoms with Gasteiger partial charge in [0.25, 0.3) is 0 Å². The summed E-state index contributed by atoms with van der Waals surface area (Å²) in [5.41, 5.74) is 7.13. The van der Waals surface area contributed by atoms with E-state index in [0.29, 0.717) is 6.54 Å². The highest BCUT2D eigenvalue weighted by molar-refractivity contribution is 5.78. The number of rotatable bonds is 8. The van der Waals surface area contributed by atoms with Gasteiger partial charge in [0.1, 0.15) is 0 Å². The van der Waals surface area contributed by atoms with Crippen molar-refractivity contribution < 1.29 is 4.79 Å². The number of hydrogen-bond acceptors (Lipinski definition) is 2. The second-order valence-corrected chi connectivity index (χ2v) is 5.01. The maximum atomic E-state index is 12.0. The number of nitrogens with one attached hydrogen (secondary N) is 1. The molecule has 0 aromatic heterocycles. The first-order chi connectivity index (χ1) is 9.19. The minimum atomic E-state index is -0.131. The summed E-state index contributed by atoms with van der Waals surface area (Å²) in [5.74, 6) is 0.269. The first-order valence-electron chi connectivity index (χ1n) is 7.27. The van der Waals surface area contributed by atoms with Crippen molar-refractivity contribution in [1.29, 1.82) is 0 Å². The van der Waals surface area contributed by atoms with Crippen LogP contribution in [-0.4, -0.2) is 12.5 Å². The molecule has 3 nitrogen and oxygen atoms in total. The Bertz CT molecular complexity index is 364. The van der Waals surface area contributed by atoms with E-state index in [9.17, 15) is 4.79 Å². The molecule has 0 spiro atoms. The molecule has 3 N–H and O–H groups in total. The smallest absolute Gasteiger partial charge is 0.223 e. The topological polar surface area (TPSA) is 55.1 Å². The van der Waals surface area contributed by atoms with Crippen LogP contribution in [0.5, 0.6) is 0 Å². The lowest BCUT2D eigenvalue weighted by atomic mass is 9.98. The molecule has 1 aromatic carbocycles. The zero-order chi connectivity index (χ0) is 14.1. The first kappa shape index (κ1) is 15.7. The monoisotopic (exact) mass is 262 g/mol. The van der Waals surface area contributed by atoms with Crippen molar-refractivity contribution in [3.05, 3.63) is 35.9 Å². The number of amides is 1. The molecule has 0 saturated heterocycles. The van der Waals surface area contributed by atoms with Gasteiger partial charge in [-0.25, -0.2) is 0 Å². The highest BCUT2D eigenvalue weighted by Gasteiger charge is 2.16. The largest absolute Gasteiger partial charge is 0.354 e. The minimum absolute atomic E-state index is 0.128. The van der Waals surface area contributed by atoms with E-state index in [1.54, 1.807) is 0 Å². The summed E-state index contributed by atoms with van der Waals surface area (Å²) in [6.45, 7) is 4.72. The number of nitrogens with two attached hydrogens (primary N) is 1. The SMILES string of the molecule is CCCCC(CC)C(=O)NCC(N)c1ccccc1. The maximum Gasteiger partial charge on any atom is 0.223 e. The molecule has 0 fully saturated rings. The quantitative estimate of drug-likeness (QED) is 0.756. The lowest BCUT2D eigenvalue weighted by molar-refractivity contribution is -0.125. The average Bonchev–Trinajstić information content (AvgIpc) is 2.46. The Morgan fingerprint density at radius 3 is 2.53 bits per heavy atom. The summed E-state index contributed by atoms with van der Waals surface area (Å²) in [7, 11) is 0. The molecule has 1 aromatic rings. The van der Waals surface area contributed by atoms with Gasteiger partial charge in [-0.3, -0.25) is 4.79 Å².